The number of nitrogens with zero attached hydrogens (tertiary/aromatic N) is 1. The van der Waals surface area contributed by atoms with Crippen molar-refractivity contribution < 1.29 is 9.88 Å². The molecule has 1 aliphatic rings. The highest BCUT2D eigenvalue weighted by Gasteiger charge is 2.25. The summed E-state index contributed by atoms with van der Waals surface area (Å²) in [6.07, 6.45) is 2.00. The van der Waals surface area contributed by atoms with Gasteiger partial charge in [-0.1, -0.05) is 40.2 Å². The van der Waals surface area contributed by atoms with Gasteiger partial charge in [-0.15, -0.1) is 0 Å². The highest BCUT2D eigenvalue weighted by atomic mass is 79.9. The maximum Gasteiger partial charge on any atom is 0.274 e. The van der Waals surface area contributed by atoms with Gasteiger partial charge in [-0.3, -0.25) is 4.90 Å². The van der Waals surface area contributed by atoms with Crippen LogP contribution >= 0.6 is 15.9 Å². The van der Waals surface area contributed by atoms with Gasteiger partial charge in [-0.2, -0.15) is 0 Å². The van der Waals surface area contributed by atoms with Crippen molar-refractivity contribution in [1.29, 1.82) is 0 Å². The number of H-pyrrole nitrogens is 1. The molecule has 0 bridgehead atoms. The predicted octanol–water partition coefficient (Wildman–Crippen LogP) is 1.17. The van der Waals surface area contributed by atoms with Crippen LogP contribution < -0.4 is 14.8 Å². The number of pyridine rings is 1. The molecule has 3 rings (SSSR count). The van der Waals surface area contributed by atoms with E-state index in [0.717, 1.165) is 19.6 Å². The number of rotatable bonds is 3. The van der Waals surface area contributed by atoms with E-state index in [1.807, 2.05) is 12.3 Å². The summed E-state index contributed by atoms with van der Waals surface area (Å²) in [5, 5.41) is 0. The lowest BCUT2D eigenvalue weighted by Gasteiger charge is -2.28. The van der Waals surface area contributed by atoms with Crippen LogP contribution in [-0.4, -0.2) is 26.2 Å². The number of benzene rings is 1. The van der Waals surface area contributed by atoms with Crippen LogP contribution in [0.5, 0.6) is 0 Å². The zero-order valence-corrected chi connectivity index (χ0v) is 13.1. The van der Waals surface area contributed by atoms with E-state index in [2.05, 4.69) is 62.2 Å². The average Bonchev–Trinajstić information content (AvgIpc) is 2.51. The predicted molar refractivity (Wildman–Crippen MR) is 83.8 cm³/mol. The quantitative estimate of drug-likeness (QED) is 0.894. The van der Waals surface area contributed by atoms with E-state index in [1.54, 1.807) is 4.90 Å². The van der Waals surface area contributed by atoms with Gasteiger partial charge >= 0.3 is 0 Å². The number of piperazine rings is 1. The molecule has 0 saturated carbocycles. The van der Waals surface area contributed by atoms with Gasteiger partial charge in [0.25, 0.3) is 5.82 Å². The van der Waals surface area contributed by atoms with Gasteiger partial charge in [0.1, 0.15) is 32.7 Å². The number of anilines is 1. The van der Waals surface area contributed by atoms with Crippen LogP contribution in [0.25, 0.3) is 0 Å². The average molecular weight is 334 g/mol. The van der Waals surface area contributed by atoms with E-state index >= 15 is 0 Å². The summed E-state index contributed by atoms with van der Waals surface area (Å²) in [4.78, 5) is 7.41. The number of hydrogen-bond acceptors (Lipinski definition) is 1. The topological polar surface area (TPSA) is 21.8 Å². The first-order chi connectivity index (χ1) is 9.83. The van der Waals surface area contributed by atoms with Crippen LogP contribution in [0.15, 0.2) is 53.1 Å². The lowest BCUT2D eigenvalue weighted by Crippen LogP contribution is -3.13. The summed E-state index contributed by atoms with van der Waals surface area (Å²) < 4.78 is 1.23. The molecule has 104 valence electrons. The van der Waals surface area contributed by atoms with Gasteiger partial charge in [0.15, 0.2) is 0 Å². The molecule has 2 aromatic rings. The highest BCUT2D eigenvalue weighted by molar-refractivity contribution is 9.10. The minimum atomic E-state index is 1.10. The van der Waals surface area contributed by atoms with Gasteiger partial charge in [0, 0.05) is 16.1 Å². The van der Waals surface area contributed by atoms with Gasteiger partial charge in [0.05, 0.1) is 6.20 Å². The van der Waals surface area contributed by atoms with Crippen LogP contribution in [0.3, 0.4) is 0 Å². The van der Waals surface area contributed by atoms with Crippen molar-refractivity contribution in [3.8, 4) is 0 Å². The third kappa shape index (κ3) is 3.19. The normalized spacial score (nSPS) is 16.4. The second-order valence-electron chi connectivity index (χ2n) is 5.25. The van der Waals surface area contributed by atoms with Gasteiger partial charge in [-0.25, -0.2) is 4.98 Å². The molecule has 20 heavy (non-hydrogen) atoms. The number of aromatic nitrogens is 1. The first-order valence-corrected chi connectivity index (χ1v) is 7.91. The Labute approximate surface area is 128 Å². The molecule has 2 N–H and O–H groups in total. The fourth-order valence-electron chi connectivity index (χ4n) is 2.73. The lowest BCUT2D eigenvalue weighted by molar-refractivity contribution is -0.914. The van der Waals surface area contributed by atoms with Crippen molar-refractivity contribution in [3.05, 3.63) is 58.7 Å². The Balaban J connectivity index is 1.58. The second-order valence-corrected chi connectivity index (χ2v) is 6.11. The van der Waals surface area contributed by atoms with Gasteiger partial charge in [0.2, 0.25) is 0 Å². The minimum Gasteiger partial charge on any atom is -0.325 e. The largest absolute Gasteiger partial charge is 0.325 e. The molecule has 0 spiro atoms. The molecule has 1 saturated heterocycles. The Hall–Kier alpha value is -1.39. The third-order valence-electron chi connectivity index (χ3n) is 3.90. The van der Waals surface area contributed by atoms with Gasteiger partial charge in [-0.05, 0) is 12.1 Å². The molecule has 0 radical (unpaired) electrons. The fourth-order valence-corrected chi connectivity index (χ4v) is 3.16. The standard InChI is InChI=1S/C16H18BrN3/c17-15-6-2-1-5-14(15)13-19-9-11-20(12-10-19)16-7-3-4-8-18-16/h1-8H,9-13H2/p+2. The number of quaternary nitrogens is 1. The SMILES string of the molecule is Brc1ccccc1C[NH+]1CCN(c2cccc[nH+]2)CC1. The van der Waals surface area contributed by atoms with Crippen molar-refractivity contribution >= 4 is 21.7 Å². The van der Waals surface area contributed by atoms with Crippen molar-refractivity contribution in [2.75, 3.05) is 31.1 Å². The zero-order valence-electron chi connectivity index (χ0n) is 11.5. The Morgan fingerprint density at radius 2 is 1.80 bits per heavy atom. The van der Waals surface area contributed by atoms with Crippen LogP contribution in [0, 0.1) is 0 Å². The number of hydrogen-bond donors (Lipinski definition) is 1. The maximum atomic E-state index is 3.64. The van der Waals surface area contributed by atoms with E-state index in [0.29, 0.717) is 0 Å². The van der Waals surface area contributed by atoms with Gasteiger partial charge < -0.3 is 4.90 Å². The minimum absolute atomic E-state index is 1.10. The molecule has 0 aliphatic carbocycles. The van der Waals surface area contributed by atoms with Crippen LogP contribution in [0.2, 0.25) is 0 Å². The Morgan fingerprint density at radius 1 is 1.05 bits per heavy atom. The molecule has 1 aromatic carbocycles. The van der Waals surface area contributed by atoms with E-state index in [9.17, 15) is 0 Å². The van der Waals surface area contributed by atoms with E-state index < -0.39 is 0 Å². The second kappa shape index (κ2) is 6.37. The maximum absolute atomic E-state index is 3.64. The third-order valence-corrected chi connectivity index (χ3v) is 4.68. The smallest absolute Gasteiger partial charge is 0.274 e. The molecule has 1 aliphatic heterocycles. The summed E-state index contributed by atoms with van der Waals surface area (Å²) in [5.41, 5.74) is 1.40. The molecule has 0 atom stereocenters. The molecule has 1 aromatic heterocycles. The van der Waals surface area contributed by atoms with Crippen molar-refractivity contribution in [3.63, 3.8) is 0 Å². The summed E-state index contributed by atoms with van der Waals surface area (Å²) in [6, 6.07) is 14.8. The Bertz CT molecular complexity index is 551. The number of nitrogens with one attached hydrogen (secondary N) is 2. The Morgan fingerprint density at radius 3 is 2.50 bits per heavy atom. The van der Waals surface area contributed by atoms with E-state index in [-0.39, 0.29) is 0 Å². The first kappa shape index (κ1) is 13.6. The Kier molecular flexibility index (Phi) is 4.33. The van der Waals surface area contributed by atoms with Crippen molar-refractivity contribution in [1.82, 2.24) is 0 Å². The van der Waals surface area contributed by atoms with Crippen LogP contribution in [-0.2, 0) is 6.54 Å². The van der Waals surface area contributed by atoms with Crippen molar-refractivity contribution in [2.24, 2.45) is 0 Å². The van der Waals surface area contributed by atoms with E-state index in [4.69, 9.17) is 0 Å². The number of halogens is 1. The van der Waals surface area contributed by atoms with E-state index in [1.165, 1.54) is 28.9 Å². The molecule has 4 heteroatoms. The fraction of sp³-hybridized carbons (Fsp3) is 0.312. The first-order valence-electron chi connectivity index (χ1n) is 7.11. The monoisotopic (exact) mass is 333 g/mol. The van der Waals surface area contributed by atoms with Crippen molar-refractivity contribution in [2.45, 2.75) is 6.54 Å². The molecule has 1 fully saturated rings. The summed E-state index contributed by atoms with van der Waals surface area (Å²) in [5.74, 6) is 1.23. The molecule has 0 unspecified atom stereocenters. The summed E-state index contributed by atoms with van der Waals surface area (Å²) in [7, 11) is 0. The molecular weight excluding hydrogens is 314 g/mol. The van der Waals surface area contributed by atoms with Crippen LogP contribution in [0.4, 0.5) is 5.82 Å². The molecule has 0 amide bonds. The molecule has 2 heterocycles. The molecular formula is C16H20BrN3+2. The summed E-state index contributed by atoms with van der Waals surface area (Å²) in [6.45, 7) is 5.70. The number of aromatic amines is 1. The summed E-state index contributed by atoms with van der Waals surface area (Å²) >= 11 is 3.64. The highest BCUT2D eigenvalue weighted by Crippen LogP contribution is 2.14. The lowest BCUT2D eigenvalue weighted by atomic mass is 10.2. The molecule has 3 nitrogen and oxygen atoms in total. The zero-order chi connectivity index (χ0) is 13.8. The van der Waals surface area contributed by atoms with Crippen LogP contribution in [0.1, 0.15) is 5.56 Å².